The molecule has 0 spiro atoms. The third-order valence-corrected chi connectivity index (χ3v) is 10.8. The lowest BCUT2D eigenvalue weighted by molar-refractivity contribution is 0.479. The van der Waals surface area contributed by atoms with E-state index >= 15 is 0 Å². The van der Waals surface area contributed by atoms with Crippen LogP contribution in [-0.2, 0) is 33.3 Å². The average molecular weight is 714 g/mol. The molecule has 0 radical (unpaired) electrons. The van der Waals surface area contributed by atoms with Crippen LogP contribution in [0.5, 0.6) is 0 Å². The third-order valence-electron chi connectivity index (χ3n) is 8.91. The van der Waals surface area contributed by atoms with Crippen molar-refractivity contribution in [2.24, 2.45) is 0 Å². The van der Waals surface area contributed by atoms with Crippen molar-refractivity contribution in [2.75, 3.05) is 41.9 Å². The van der Waals surface area contributed by atoms with Crippen molar-refractivity contribution in [2.45, 2.75) is 42.6 Å². The summed E-state index contributed by atoms with van der Waals surface area (Å²) in [6, 6.07) is 38.0. The molecule has 5 aromatic rings. The molecule has 11 heteroatoms. The fraction of sp³-hybridized carbons (Fsp3) is 0.231. The first-order valence-corrected chi connectivity index (χ1v) is 19.3. The molecular weight excluding hydrogens is 671 g/mol. The highest BCUT2D eigenvalue weighted by molar-refractivity contribution is 7.86. The first-order valence-electron chi connectivity index (χ1n) is 16.4. The minimum absolute atomic E-state index is 0.0935. The van der Waals surface area contributed by atoms with Crippen molar-refractivity contribution in [3.05, 3.63) is 149 Å². The van der Waals surface area contributed by atoms with Crippen molar-refractivity contribution < 1.29 is 25.9 Å². The van der Waals surface area contributed by atoms with Gasteiger partial charge in [0.15, 0.2) is 0 Å². The number of nitrogens with zero attached hydrogens (tertiary/aromatic N) is 3. The summed E-state index contributed by atoms with van der Waals surface area (Å²) in [4.78, 5) is 5.99. The van der Waals surface area contributed by atoms with Crippen LogP contribution < -0.4 is 14.7 Å². The van der Waals surface area contributed by atoms with Gasteiger partial charge in [0.25, 0.3) is 20.2 Å². The molecule has 0 aliphatic rings. The predicted octanol–water partition coefficient (Wildman–Crippen LogP) is 7.48. The monoisotopic (exact) mass is 713 g/mol. The zero-order valence-corrected chi connectivity index (χ0v) is 30.3. The molecule has 5 aromatic carbocycles. The van der Waals surface area contributed by atoms with E-state index in [0.717, 1.165) is 33.8 Å². The van der Waals surface area contributed by atoms with Crippen molar-refractivity contribution in [3.8, 4) is 0 Å². The van der Waals surface area contributed by atoms with Crippen LogP contribution in [0.2, 0.25) is 0 Å². The SMILES string of the molecule is CCN(Cc1ccccc1S(=O)(=O)O)c1ccc(C(c2ccc(N(C)C)cc2)c2ccc(N(CC)Cc3ccccc3S(=O)(=O)O)cc2)cc1. The summed E-state index contributed by atoms with van der Waals surface area (Å²) in [5.74, 6) is -0.0972. The van der Waals surface area contributed by atoms with E-state index in [1.165, 1.54) is 12.1 Å². The average Bonchev–Trinajstić information content (AvgIpc) is 3.10. The number of benzene rings is 5. The Hall–Kier alpha value is -4.68. The molecule has 0 aliphatic carbocycles. The summed E-state index contributed by atoms with van der Waals surface area (Å²) in [7, 11) is -4.71. The van der Waals surface area contributed by atoms with Crippen LogP contribution >= 0.6 is 0 Å². The zero-order valence-electron chi connectivity index (χ0n) is 28.6. The third kappa shape index (κ3) is 8.54. The largest absolute Gasteiger partial charge is 0.378 e. The van der Waals surface area contributed by atoms with E-state index in [0.29, 0.717) is 37.3 Å². The van der Waals surface area contributed by atoms with Gasteiger partial charge in [-0.05, 0) is 90.2 Å². The molecule has 0 fully saturated rings. The molecule has 9 nitrogen and oxygen atoms in total. The molecule has 0 heterocycles. The fourth-order valence-electron chi connectivity index (χ4n) is 6.25. The summed E-state index contributed by atoms with van der Waals surface area (Å²) in [6.07, 6.45) is 0. The number of anilines is 3. The maximum absolute atomic E-state index is 12.0. The van der Waals surface area contributed by atoms with Gasteiger partial charge in [-0.15, -0.1) is 0 Å². The minimum Gasteiger partial charge on any atom is -0.378 e. The lowest BCUT2D eigenvalue weighted by Gasteiger charge is -2.27. The summed E-state index contributed by atoms with van der Waals surface area (Å²) >= 11 is 0. The number of rotatable bonds is 14. The molecule has 0 amide bonds. The minimum atomic E-state index is -4.36. The standard InChI is InChI=1S/C39H43N3O6S2/c1-5-41(27-32-11-7-9-13-37(32)49(43,44)45)35-23-17-30(18-24-35)39(29-15-21-34(22-16-29)40(3)4)31-19-25-36(26-20-31)42(6-2)28-33-12-8-10-14-38(33)50(46,47)48/h7-26,39H,5-6,27-28H2,1-4H3,(H,43,44,45)(H,46,47,48). The van der Waals surface area contributed by atoms with Gasteiger partial charge in [0, 0.05) is 63.3 Å². The zero-order chi connectivity index (χ0) is 36.1. The molecule has 0 aromatic heterocycles. The summed E-state index contributed by atoms with van der Waals surface area (Å²) in [5, 5.41) is 0. The van der Waals surface area contributed by atoms with Crippen LogP contribution in [0.3, 0.4) is 0 Å². The molecule has 0 bridgehead atoms. The molecule has 50 heavy (non-hydrogen) atoms. The van der Waals surface area contributed by atoms with Crippen molar-refractivity contribution in [1.29, 1.82) is 0 Å². The summed E-state index contributed by atoms with van der Waals surface area (Å²) in [6.45, 7) is 5.87. The highest BCUT2D eigenvalue weighted by Gasteiger charge is 2.21. The second-order valence-corrected chi connectivity index (χ2v) is 15.1. The van der Waals surface area contributed by atoms with Gasteiger partial charge in [-0.3, -0.25) is 9.11 Å². The molecule has 5 rings (SSSR count). The second-order valence-electron chi connectivity index (χ2n) is 12.3. The van der Waals surface area contributed by atoms with Crippen molar-refractivity contribution in [1.82, 2.24) is 0 Å². The summed E-state index contributed by atoms with van der Waals surface area (Å²) in [5.41, 5.74) is 7.21. The smallest absolute Gasteiger partial charge is 0.294 e. The fourth-order valence-corrected chi connectivity index (χ4v) is 7.68. The van der Waals surface area contributed by atoms with E-state index in [1.54, 1.807) is 36.4 Å². The van der Waals surface area contributed by atoms with Crippen LogP contribution in [0.25, 0.3) is 0 Å². The Bertz CT molecular complexity index is 1990. The molecule has 0 saturated heterocycles. The van der Waals surface area contributed by atoms with E-state index < -0.39 is 20.2 Å². The molecule has 2 N–H and O–H groups in total. The van der Waals surface area contributed by atoms with Crippen LogP contribution in [0.4, 0.5) is 17.1 Å². The van der Waals surface area contributed by atoms with E-state index in [2.05, 4.69) is 63.2 Å². The van der Waals surface area contributed by atoms with Gasteiger partial charge in [-0.1, -0.05) is 72.8 Å². The van der Waals surface area contributed by atoms with Gasteiger partial charge >= 0.3 is 0 Å². The maximum Gasteiger partial charge on any atom is 0.294 e. The quantitative estimate of drug-likeness (QED) is 0.0892. The Balaban J connectivity index is 1.47. The van der Waals surface area contributed by atoms with Crippen LogP contribution in [0.1, 0.15) is 47.6 Å². The lowest BCUT2D eigenvalue weighted by Crippen LogP contribution is -2.23. The number of hydrogen-bond acceptors (Lipinski definition) is 7. The normalized spacial score (nSPS) is 11.8. The molecule has 0 aliphatic heterocycles. The van der Waals surface area contributed by atoms with E-state index in [9.17, 15) is 25.9 Å². The Labute approximate surface area is 295 Å². The van der Waals surface area contributed by atoms with Gasteiger partial charge in [-0.2, -0.15) is 16.8 Å². The molecule has 0 saturated carbocycles. The van der Waals surface area contributed by atoms with Gasteiger partial charge in [0.2, 0.25) is 0 Å². The molecular formula is C39H43N3O6S2. The Morgan fingerprint density at radius 2 is 0.820 bits per heavy atom. The molecule has 0 unspecified atom stereocenters. The lowest BCUT2D eigenvalue weighted by atomic mass is 9.85. The maximum atomic E-state index is 12.0. The van der Waals surface area contributed by atoms with Crippen LogP contribution in [0, 0.1) is 0 Å². The molecule has 262 valence electrons. The van der Waals surface area contributed by atoms with Gasteiger partial charge in [0.05, 0.1) is 9.79 Å². The summed E-state index contributed by atoms with van der Waals surface area (Å²) < 4.78 is 67.6. The van der Waals surface area contributed by atoms with Crippen LogP contribution in [-0.4, -0.2) is 53.1 Å². The number of hydrogen-bond donors (Lipinski definition) is 2. The van der Waals surface area contributed by atoms with Gasteiger partial charge in [-0.25, -0.2) is 0 Å². The predicted molar refractivity (Wildman–Crippen MR) is 201 cm³/mol. The topological polar surface area (TPSA) is 118 Å². The highest BCUT2D eigenvalue weighted by Crippen LogP contribution is 2.35. The van der Waals surface area contributed by atoms with Gasteiger partial charge < -0.3 is 14.7 Å². The second kappa shape index (κ2) is 15.5. The Kier molecular flexibility index (Phi) is 11.3. The Morgan fingerprint density at radius 3 is 1.12 bits per heavy atom. The first-order chi connectivity index (χ1) is 23.8. The van der Waals surface area contributed by atoms with Gasteiger partial charge in [0.1, 0.15) is 0 Å². The molecule has 0 atom stereocenters. The highest BCUT2D eigenvalue weighted by atomic mass is 32.2. The van der Waals surface area contributed by atoms with Crippen molar-refractivity contribution >= 4 is 37.3 Å². The van der Waals surface area contributed by atoms with Crippen molar-refractivity contribution in [3.63, 3.8) is 0 Å². The van der Waals surface area contributed by atoms with E-state index in [1.807, 2.05) is 52.2 Å². The van der Waals surface area contributed by atoms with E-state index in [4.69, 9.17) is 0 Å². The van der Waals surface area contributed by atoms with Crippen LogP contribution in [0.15, 0.2) is 131 Å². The van der Waals surface area contributed by atoms with E-state index in [-0.39, 0.29) is 15.7 Å². The Morgan fingerprint density at radius 1 is 0.500 bits per heavy atom. The first kappa shape index (κ1) is 36.6.